The SMILES string of the molecule is COc1ccc(-c2noc(C(C)(C)CN)n2)cc1OC. The van der Waals surface area contributed by atoms with Crippen molar-refractivity contribution in [2.75, 3.05) is 20.8 Å². The number of rotatable bonds is 5. The van der Waals surface area contributed by atoms with E-state index in [1.165, 1.54) is 0 Å². The molecule has 2 rings (SSSR count). The van der Waals surface area contributed by atoms with Gasteiger partial charge in [0.25, 0.3) is 0 Å². The average Bonchev–Trinajstić information content (AvgIpc) is 2.97. The Hall–Kier alpha value is -2.08. The summed E-state index contributed by atoms with van der Waals surface area (Å²) in [6.45, 7) is 4.35. The van der Waals surface area contributed by atoms with Crippen LogP contribution in [0.15, 0.2) is 22.7 Å². The van der Waals surface area contributed by atoms with Crippen molar-refractivity contribution in [2.24, 2.45) is 5.73 Å². The first kappa shape index (κ1) is 14.3. The largest absolute Gasteiger partial charge is 0.493 e. The van der Waals surface area contributed by atoms with Crippen LogP contribution in [0.2, 0.25) is 0 Å². The smallest absolute Gasteiger partial charge is 0.233 e. The molecule has 2 aromatic rings. The fourth-order valence-electron chi connectivity index (χ4n) is 1.68. The van der Waals surface area contributed by atoms with Crippen molar-refractivity contribution in [3.8, 4) is 22.9 Å². The molecule has 0 radical (unpaired) electrons. The molecule has 0 bridgehead atoms. The Morgan fingerprint density at radius 3 is 2.50 bits per heavy atom. The molecule has 0 amide bonds. The zero-order valence-electron chi connectivity index (χ0n) is 12.1. The van der Waals surface area contributed by atoms with Crippen LogP contribution in [0.25, 0.3) is 11.4 Å². The van der Waals surface area contributed by atoms with Crippen molar-refractivity contribution < 1.29 is 14.0 Å². The van der Waals surface area contributed by atoms with E-state index in [1.807, 2.05) is 26.0 Å². The zero-order valence-corrected chi connectivity index (χ0v) is 12.1. The summed E-state index contributed by atoms with van der Waals surface area (Å²) < 4.78 is 15.8. The third-order valence-electron chi connectivity index (χ3n) is 3.16. The highest BCUT2D eigenvalue weighted by Crippen LogP contribution is 2.32. The Kier molecular flexibility index (Phi) is 3.94. The molecule has 0 aliphatic rings. The molecule has 1 aromatic carbocycles. The van der Waals surface area contributed by atoms with Crippen molar-refractivity contribution in [3.05, 3.63) is 24.1 Å². The van der Waals surface area contributed by atoms with Gasteiger partial charge in [-0.25, -0.2) is 0 Å². The first-order valence-corrected chi connectivity index (χ1v) is 6.28. The van der Waals surface area contributed by atoms with Gasteiger partial charge >= 0.3 is 0 Å². The molecule has 0 atom stereocenters. The Morgan fingerprint density at radius 1 is 1.20 bits per heavy atom. The lowest BCUT2D eigenvalue weighted by atomic mass is 9.94. The maximum absolute atomic E-state index is 5.71. The molecular weight excluding hydrogens is 258 g/mol. The van der Waals surface area contributed by atoms with Gasteiger partial charge < -0.3 is 19.7 Å². The number of aromatic nitrogens is 2. The number of nitrogens with zero attached hydrogens (tertiary/aromatic N) is 2. The second kappa shape index (κ2) is 5.50. The molecule has 0 saturated heterocycles. The minimum absolute atomic E-state index is 0.345. The topological polar surface area (TPSA) is 83.4 Å². The van der Waals surface area contributed by atoms with E-state index in [0.29, 0.717) is 29.8 Å². The molecule has 6 heteroatoms. The lowest BCUT2D eigenvalue weighted by molar-refractivity contribution is 0.311. The monoisotopic (exact) mass is 277 g/mol. The van der Waals surface area contributed by atoms with Gasteiger partial charge in [-0.2, -0.15) is 4.98 Å². The summed E-state index contributed by atoms with van der Waals surface area (Å²) in [6, 6.07) is 5.46. The molecule has 0 saturated carbocycles. The highest BCUT2D eigenvalue weighted by Gasteiger charge is 2.26. The van der Waals surface area contributed by atoms with E-state index in [4.69, 9.17) is 19.7 Å². The van der Waals surface area contributed by atoms with Crippen LogP contribution >= 0.6 is 0 Å². The Morgan fingerprint density at radius 2 is 1.90 bits per heavy atom. The zero-order chi connectivity index (χ0) is 14.8. The lowest BCUT2D eigenvalue weighted by Gasteiger charge is -2.15. The fraction of sp³-hybridized carbons (Fsp3) is 0.429. The normalized spacial score (nSPS) is 11.4. The van der Waals surface area contributed by atoms with Gasteiger partial charge in [0.15, 0.2) is 11.5 Å². The summed E-state index contributed by atoms with van der Waals surface area (Å²) in [5, 5.41) is 3.99. The molecule has 6 nitrogen and oxygen atoms in total. The van der Waals surface area contributed by atoms with Crippen molar-refractivity contribution >= 4 is 0 Å². The van der Waals surface area contributed by atoms with E-state index in [1.54, 1.807) is 20.3 Å². The fourth-order valence-corrected chi connectivity index (χ4v) is 1.68. The van der Waals surface area contributed by atoms with Gasteiger partial charge in [0, 0.05) is 12.1 Å². The van der Waals surface area contributed by atoms with Crippen LogP contribution in [0, 0.1) is 0 Å². The average molecular weight is 277 g/mol. The summed E-state index contributed by atoms with van der Waals surface area (Å²) >= 11 is 0. The first-order chi connectivity index (χ1) is 9.51. The lowest BCUT2D eigenvalue weighted by Crippen LogP contribution is -2.28. The highest BCUT2D eigenvalue weighted by atomic mass is 16.5. The molecule has 20 heavy (non-hydrogen) atoms. The quantitative estimate of drug-likeness (QED) is 0.899. The minimum atomic E-state index is -0.345. The van der Waals surface area contributed by atoms with Crippen molar-refractivity contribution in [1.82, 2.24) is 10.1 Å². The minimum Gasteiger partial charge on any atom is -0.493 e. The van der Waals surface area contributed by atoms with Gasteiger partial charge in [-0.1, -0.05) is 5.16 Å². The van der Waals surface area contributed by atoms with Gasteiger partial charge in [0.1, 0.15) is 0 Å². The summed E-state index contributed by atoms with van der Waals surface area (Å²) in [6.07, 6.45) is 0. The molecule has 108 valence electrons. The number of hydrogen-bond donors (Lipinski definition) is 1. The Balaban J connectivity index is 2.38. The number of nitrogens with two attached hydrogens (primary N) is 1. The molecule has 0 spiro atoms. The number of ether oxygens (including phenoxy) is 2. The molecule has 0 aliphatic carbocycles. The van der Waals surface area contributed by atoms with E-state index in [-0.39, 0.29) is 5.41 Å². The van der Waals surface area contributed by atoms with Crippen LogP contribution in [0.1, 0.15) is 19.7 Å². The van der Waals surface area contributed by atoms with Crippen LogP contribution < -0.4 is 15.2 Å². The van der Waals surface area contributed by atoms with Gasteiger partial charge in [-0.05, 0) is 32.0 Å². The molecule has 0 unspecified atom stereocenters. The van der Waals surface area contributed by atoms with Gasteiger partial charge in [-0.15, -0.1) is 0 Å². The molecule has 2 N–H and O–H groups in total. The van der Waals surface area contributed by atoms with E-state index >= 15 is 0 Å². The maximum atomic E-state index is 5.71. The van der Waals surface area contributed by atoms with Crippen molar-refractivity contribution in [2.45, 2.75) is 19.3 Å². The van der Waals surface area contributed by atoms with E-state index in [9.17, 15) is 0 Å². The molecule has 1 heterocycles. The van der Waals surface area contributed by atoms with E-state index < -0.39 is 0 Å². The Labute approximate surface area is 117 Å². The van der Waals surface area contributed by atoms with Gasteiger partial charge in [0.2, 0.25) is 11.7 Å². The summed E-state index contributed by atoms with van der Waals surface area (Å²) in [5.74, 6) is 2.30. The predicted molar refractivity (Wildman–Crippen MR) is 74.9 cm³/mol. The number of methoxy groups -OCH3 is 2. The van der Waals surface area contributed by atoms with Gasteiger partial charge in [-0.3, -0.25) is 0 Å². The molecule has 1 aromatic heterocycles. The summed E-state index contributed by atoms with van der Waals surface area (Å²) in [5.41, 5.74) is 6.16. The predicted octanol–water partition coefficient (Wildman–Crippen LogP) is 1.99. The maximum Gasteiger partial charge on any atom is 0.233 e. The van der Waals surface area contributed by atoms with Crippen molar-refractivity contribution in [1.29, 1.82) is 0 Å². The standard InChI is InChI=1S/C14H19N3O3/c1-14(2,8-15)13-16-12(17-20-13)9-5-6-10(18-3)11(7-9)19-4/h5-7H,8,15H2,1-4H3. The van der Waals surface area contributed by atoms with Crippen LogP contribution in [0.5, 0.6) is 11.5 Å². The summed E-state index contributed by atoms with van der Waals surface area (Å²) in [7, 11) is 3.18. The van der Waals surface area contributed by atoms with Crippen LogP contribution in [0.3, 0.4) is 0 Å². The van der Waals surface area contributed by atoms with Crippen LogP contribution in [0.4, 0.5) is 0 Å². The second-order valence-corrected chi connectivity index (χ2v) is 5.08. The summed E-state index contributed by atoms with van der Waals surface area (Å²) in [4.78, 5) is 4.40. The van der Waals surface area contributed by atoms with Crippen LogP contribution in [-0.4, -0.2) is 30.9 Å². The third kappa shape index (κ3) is 2.60. The molecular formula is C14H19N3O3. The third-order valence-corrected chi connectivity index (χ3v) is 3.16. The molecule has 0 fully saturated rings. The van der Waals surface area contributed by atoms with E-state index in [2.05, 4.69) is 10.1 Å². The number of hydrogen-bond acceptors (Lipinski definition) is 6. The van der Waals surface area contributed by atoms with Gasteiger partial charge in [0.05, 0.1) is 19.6 Å². The van der Waals surface area contributed by atoms with Crippen molar-refractivity contribution in [3.63, 3.8) is 0 Å². The first-order valence-electron chi connectivity index (χ1n) is 6.28. The number of benzene rings is 1. The molecule has 0 aliphatic heterocycles. The van der Waals surface area contributed by atoms with Crippen LogP contribution in [-0.2, 0) is 5.41 Å². The highest BCUT2D eigenvalue weighted by molar-refractivity contribution is 5.60. The Bertz CT molecular complexity index is 593. The van der Waals surface area contributed by atoms with E-state index in [0.717, 1.165) is 5.56 Å². The second-order valence-electron chi connectivity index (χ2n) is 5.08.